The fourth-order valence-electron chi connectivity index (χ4n) is 3.35. The van der Waals surface area contributed by atoms with Crippen LogP contribution in [0, 0.1) is 6.92 Å². The Balaban J connectivity index is 1.73. The number of amides is 1. The molecule has 2 aliphatic rings. The third kappa shape index (κ3) is 2.89. The van der Waals surface area contributed by atoms with E-state index in [4.69, 9.17) is 16.3 Å². The topological polar surface area (TPSA) is 84.7 Å². The molecule has 8 nitrogen and oxygen atoms in total. The van der Waals surface area contributed by atoms with Crippen molar-refractivity contribution in [1.82, 2.24) is 19.0 Å². The second-order valence-corrected chi connectivity index (χ2v) is 8.54. The smallest absolute Gasteiger partial charge is 0.410 e. The van der Waals surface area contributed by atoms with Gasteiger partial charge >= 0.3 is 6.09 Å². The number of carbonyl (C=O) groups is 1. The maximum Gasteiger partial charge on any atom is 0.410 e. The minimum absolute atomic E-state index is 0.0133. The van der Waals surface area contributed by atoms with Crippen LogP contribution in [0.1, 0.15) is 25.5 Å². The molecule has 0 aliphatic carbocycles. The number of hydrogen-bond acceptors (Lipinski definition) is 5. The highest BCUT2D eigenvalue weighted by atomic mass is 35.5. The Morgan fingerprint density at radius 2 is 1.92 bits per heavy atom. The summed E-state index contributed by atoms with van der Waals surface area (Å²) >= 11 is 6.11. The summed E-state index contributed by atoms with van der Waals surface area (Å²) in [5.74, 6) is 0. The van der Waals surface area contributed by atoms with Crippen molar-refractivity contribution in [3.8, 4) is 0 Å². The Hall–Kier alpha value is -1.32. The van der Waals surface area contributed by atoms with Crippen LogP contribution in [0.25, 0.3) is 0 Å². The van der Waals surface area contributed by atoms with Gasteiger partial charge in [0.05, 0.1) is 12.2 Å². The van der Waals surface area contributed by atoms with E-state index in [-0.39, 0.29) is 28.3 Å². The number of rotatable bonds is 3. The summed E-state index contributed by atoms with van der Waals surface area (Å²) in [6.07, 6.45) is 0.738. The lowest BCUT2D eigenvalue weighted by atomic mass is 10.1. The third-order valence-corrected chi connectivity index (χ3v) is 7.15. The van der Waals surface area contributed by atoms with Crippen LogP contribution in [-0.4, -0.2) is 65.3 Å². The number of halogens is 1. The van der Waals surface area contributed by atoms with Crippen LogP contribution in [0.4, 0.5) is 4.79 Å². The van der Waals surface area contributed by atoms with Crippen LogP contribution < -0.4 is 0 Å². The van der Waals surface area contributed by atoms with Gasteiger partial charge in [0.25, 0.3) is 0 Å². The number of cyclic esters (lactones) is 1. The summed E-state index contributed by atoms with van der Waals surface area (Å²) in [6.45, 7) is 4.73. The van der Waals surface area contributed by atoms with Gasteiger partial charge in [-0.15, -0.1) is 0 Å². The molecule has 0 saturated carbocycles. The van der Waals surface area contributed by atoms with Gasteiger partial charge < -0.3 is 9.64 Å². The maximum absolute atomic E-state index is 12.9. The van der Waals surface area contributed by atoms with Crippen molar-refractivity contribution in [3.05, 3.63) is 10.8 Å². The van der Waals surface area contributed by atoms with E-state index < -0.39 is 10.0 Å². The highest BCUT2D eigenvalue weighted by molar-refractivity contribution is 7.89. The van der Waals surface area contributed by atoms with Gasteiger partial charge in [-0.05, 0) is 26.7 Å². The Bertz CT molecular complexity index is 755. The first kappa shape index (κ1) is 17.5. The van der Waals surface area contributed by atoms with Crippen LogP contribution in [0.5, 0.6) is 0 Å². The molecule has 0 N–H and O–H groups in total. The van der Waals surface area contributed by atoms with Crippen LogP contribution in [0.3, 0.4) is 0 Å². The lowest BCUT2D eigenvalue weighted by Crippen LogP contribution is -2.47. The molecule has 1 unspecified atom stereocenters. The third-order valence-electron chi connectivity index (χ3n) is 4.55. The van der Waals surface area contributed by atoms with E-state index in [1.54, 1.807) is 18.9 Å². The van der Waals surface area contributed by atoms with E-state index in [1.807, 2.05) is 6.92 Å². The number of nitrogens with zero attached hydrogens (tertiary/aromatic N) is 4. The number of aryl methyl sites for hydroxylation is 2. The first-order chi connectivity index (χ1) is 11.2. The lowest BCUT2D eigenvalue weighted by molar-refractivity contribution is 0.124. The van der Waals surface area contributed by atoms with Crippen LogP contribution in [0.15, 0.2) is 4.90 Å². The molecule has 0 aromatic carbocycles. The number of piperidine rings is 1. The Morgan fingerprint density at radius 3 is 2.38 bits per heavy atom. The van der Waals surface area contributed by atoms with Crippen molar-refractivity contribution in [3.63, 3.8) is 0 Å². The summed E-state index contributed by atoms with van der Waals surface area (Å²) < 4.78 is 33.7. The molecule has 0 radical (unpaired) electrons. The van der Waals surface area contributed by atoms with Crippen molar-refractivity contribution in [2.75, 3.05) is 19.6 Å². The SMILES string of the molecule is Cc1nn(C)c(Cl)c1S(=O)(=O)N1CCC(N2CC(C)OC2=O)CC1. The van der Waals surface area contributed by atoms with Gasteiger partial charge in [0.2, 0.25) is 10.0 Å². The van der Waals surface area contributed by atoms with Gasteiger partial charge in [0.1, 0.15) is 16.2 Å². The molecule has 0 spiro atoms. The quantitative estimate of drug-likeness (QED) is 0.795. The number of hydrogen-bond donors (Lipinski definition) is 0. The van der Waals surface area contributed by atoms with E-state index in [9.17, 15) is 13.2 Å². The van der Waals surface area contributed by atoms with Crippen LogP contribution in [0.2, 0.25) is 5.15 Å². The molecule has 10 heteroatoms. The van der Waals surface area contributed by atoms with E-state index >= 15 is 0 Å². The summed E-state index contributed by atoms with van der Waals surface area (Å²) in [4.78, 5) is 13.6. The van der Waals surface area contributed by atoms with Crippen molar-refractivity contribution in [1.29, 1.82) is 0 Å². The second kappa shape index (κ2) is 6.20. The summed E-state index contributed by atoms with van der Waals surface area (Å²) in [5, 5.41) is 4.19. The average Bonchev–Trinajstić information content (AvgIpc) is 2.98. The van der Waals surface area contributed by atoms with E-state index in [1.165, 1.54) is 8.99 Å². The molecule has 2 aliphatic heterocycles. The minimum Gasteiger partial charge on any atom is -0.444 e. The van der Waals surface area contributed by atoms with E-state index in [0.717, 1.165) is 0 Å². The summed E-state index contributed by atoms with van der Waals surface area (Å²) in [5.41, 5.74) is 0.390. The van der Waals surface area contributed by atoms with Crippen molar-refractivity contribution in [2.45, 2.75) is 43.7 Å². The standard InChI is InChI=1S/C14H21ClN4O4S/c1-9-8-19(14(20)23-9)11-4-6-18(7-5-11)24(21,22)12-10(2)16-17(3)13(12)15/h9,11H,4-8H2,1-3H3. The second-order valence-electron chi connectivity index (χ2n) is 6.31. The fraction of sp³-hybridized carbons (Fsp3) is 0.714. The molecule has 24 heavy (non-hydrogen) atoms. The lowest BCUT2D eigenvalue weighted by Gasteiger charge is -2.34. The monoisotopic (exact) mass is 376 g/mol. The molecule has 1 amide bonds. The highest BCUT2D eigenvalue weighted by Gasteiger charge is 2.39. The zero-order chi connectivity index (χ0) is 17.6. The summed E-state index contributed by atoms with van der Waals surface area (Å²) in [6, 6.07) is 0.0133. The zero-order valence-corrected chi connectivity index (χ0v) is 15.5. The molecular weight excluding hydrogens is 356 g/mol. The molecule has 2 saturated heterocycles. The van der Waals surface area contributed by atoms with Crippen LogP contribution >= 0.6 is 11.6 Å². The Morgan fingerprint density at radius 1 is 1.29 bits per heavy atom. The minimum atomic E-state index is -3.69. The first-order valence-electron chi connectivity index (χ1n) is 7.88. The molecular formula is C14H21ClN4O4S. The van der Waals surface area contributed by atoms with E-state index in [0.29, 0.717) is 38.2 Å². The average molecular weight is 377 g/mol. The summed E-state index contributed by atoms with van der Waals surface area (Å²) in [7, 11) is -2.08. The number of carbonyl (C=O) groups excluding carboxylic acids is 1. The molecule has 3 heterocycles. The highest BCUT2D eigenvalue weighted by Crippen LogP contribution is 2.30. The molecule has 134 valence electrons. The molecule has 1 aromatic heterocycles. The molecule has 1 atom stereocenters. The van der Waals surface area contributed by atoms with Gasteiger partial charge in [-0.1, -0.05) is 11.6 Å². The number of sulfonamides is 1. The van der Waals surface area contributed by atoms with Gasteiger partial charge in [0, 0.05) is 26.2 Å². The predicted molar refractivity (Wildman–Crippen MR) is 87.4 cm³/mol. The van der Waals surface area contributed by atoms with Crippen LogP contribution in [-0.2, 0) is 21.8 Å². The largest absolute Gasteiger partial charge is 0.444 e. The zero-order valence-electron chi connectivity index (χ0n) is 13.9. The van der Waals surface area contributed by atoms with Crippen molar-refractivity contribution < 1.29 is 17.9 Å². The Kier molecular flexibility index (Phi) is 4.52. The Labute approximate surface area is 146 Å². The van der Waals surface area contributed by atoms with Crippen molar-refractivity contribution in [2.24, 2.45) is 7.05 Å². The van der Waals surface area contributed by atoms with Gasteiger partial charge in [0.15, 0.2) is 0 Å². The first-order valence-corrected chi connectivity index (χ1v) is 9.70. The van der Waals surface area contributed by atoms with Gasteiger partial charge in [-0.3, -0.25) is 4.68 Å². The number of ether oxygens (including phenoxy) is 1. The molecule has 1 aromatic rings. The number of aromatic nitrogens is 2. The van der Waals surface area contributed by atoms with Gasteiger partial charge in [-0.25, -0.2) is 13.2 Å². The van der Waals surface area contributed by atoms with Gasteiger partial charge in [-0.2, -0.15) is 9.40 Å². The predicted octanol–water partition coefficient (Wildman–Crippen LogP) is 1.38. The fourth-order valence-corrected chi connectivity index (χ4v) is 5.53. The molecule has 3 rings (SSSR count). The van der Waals surface area contributed by atoms with E-state index in [2.05, 4.69) is 5.10 Å². The molecule has 2 fully saturated rings. The van der Waals surface area contributed by atoms with Crippen molar-refractivity contribution >= 4 is 27.7 Å². The maximum atomic E-state index is 12.9. The molecule has 0 bridgehead atoms. The normalized spacial score (nSPS) is 23.8.